The van der Waals surface area contributed by atoms with Crippen LogP contribution >= 0.6 is 0 Å². The molecule has 0 aliphatic heterocycles. The third kappa shape index (κ3) is 21.3. The predicted octanol–water partition coefficient (Wildman–Crippen LogP) is 7.10. The number of unbranched alkanes of at least 4 members (excludes halogenated alkanes) is 14. The van der Waals surface area contributed by atoms with E-state index in [1.807, 2.05) is 25.9 Å². The summed E-state index contributed by atoms with van der Waals surface area (Å²) in [4.78, 5) is 13.6. The first-order valence-corrected chi connectivity index (χ1v) is 12.4. The van der Waals surface area contributed by atoms with E-state index in [-0.39, 0.29) is 12.2 Å². The Morgan fingerprint density at radius 1 is 0.733 bits per heavy atom. The second-order valence-electron chi connectivity index (χ2n) is 8.50. The third-order valence-corrected chi connectivity index (χ3v) is 5.36. The summed E-state index contributed by atoms with van der Waals surface area (Å²) in [6.45, 7) is 4.16. The van der Waals surface area contributed by atoms with E-state index in [1.54, 1.807) is 0 Å². The van der Waals surface area contributed by atoms with Crippen LogP contribution in [0.4, 0.5) is 0 Å². The standard InChI is InChI=1S/C27H47NO2/c1-5-6-7-8-9-10-11-12-13-14-15-16-17-18-19-20-21-22-23-24-25-27(29)30-26(2)28(3)4/h26H,5-13,18-25H2,1-4H3. The molecule has 0 aliphatic carbocycles. The number of ether oxygens (including phenoxy) is 1. The Hall–Kier alpha value is -1.45. The molecule has 0 radical (unpaired) electrons. The molecule has 0 spiro atoms. The predicted molar refractivity (Wildman–Crippen MR) is 129 cm³/mol. The van der Waals surface area contributed by atoms with Crippen LogP contribution in [0.15, 0.2) is 0 Å². The quantitative estimate of drug-likeness (QED) is 0.103. The number of hydrogen-bond donors (Lipinski definition) is 0. The van der Waals surface area contributed by atoms with E-state index >= 15 is 0 Å². The molecule has 0 aromatic rings. The van der Waals surface area contributed by atoms with Gasteiger partial charge in [0, 0.05) is 19.3 Å². The second-order valence-corrected chi connectivity index (χ2v) is 8.50. The van der Waals surface area contributed by atoms with Crippen molar-refractivity contribution < 1.29 is 9.53 Å². The number of esters is 1. The van der Waals surface area contributed by atoms with Gasteiger partial charge in [-0.3, -0.25) is 9.69 Å². The largest absolute Gasteiger partial charge is 0.447 e. The lowest BCUT2D eigenvalue weighted by Crippen LogP contribution is -2.29. The van der Waals surface area contributed by atoms with Crippen molar-refractivity contribution in [2.45, 2.75) is 129 Å². The minimum Gasteiger partial charge on any atom is -0.447 e. The van der Waals surface area contributed by atoms with Crippen LogP contribution in [0, 0.1) is 23.7 Å². The Kier molecular flexibility index (Phi) is 21.2. The average Bonchev–Trinajstić information content (AvgIpc) is 2.72. The first-order chi connectivity index (χ1) is 14.6. The van der Waals surface area contributed by atoms with E-state index in [9.17, 15) is 4.79 Å². The van der Waals surface area contributed by atoms with Crippen molar-refractivity contribution in [3.8, 4) is 23.7 Å². The van der Waals surface area contributed by atoms with Gasteiger partial charge in [-0.1, -0.05) is 89.4 Å². The SMILES string of the molecule is CCCCCCCCCCC#CC#CCCCCCCCCC(=O)OC(C)N(C)C. The summed E-state index contributed by atoms with van der Waals surface area (Å²) in [6.07, 6.45) is 19.9. The molecule has 172 valence electrons. The Morgan fingerprint density at radius 2 is 1.17 bits per heavy atom. The van der Waals surface area contributed by atoms with Crippen molar-refractivity contribution >= 4 is 5.97 Å². The molecule has 0 amide bonds. The monoisotopic (exact) mass is 417 g/mol. The number of carbonyl (C=O) groups is 1. The normalized spacial score (nSPS) is 11.4. The van der Waals surface area contributed by atoms with Crippen LogP contribution in [0.3, 0.4) is 0 Å². The highest BCUT2D eigenvalue weighted by molar-refractivity contribution is 5.69. The molecule has 0 heterocycles. The van der Waals surface area contributed by atoms with E-state index in [4.69, 9.17) is 4.74 Å². The van der Waals surface area contributed by atoms with E-state index in [0.29, 0.717) is 6.42 Å². The molecule has 1 atom stereocenters. The van der Waals surface area contributed by atoms with Crippen LogP contribution in [0.25, 0.3) is 0 Å². The van der Waals surface area contributed by atoms with E-state index < -0.39 is 0 Å². The number of hydrogen-bond acceptors (Lipinski definition) is 3. The number of rotatable bonds is 18. The lowest BCUT2D eigenvalue weighted by Gasteiger charge is -2.19. The Morgan fingerprint density at radius 3 is 1.63 bits per heavy atom. The van der Waals surface area contributed by atoms with Gasteiger partial charge in [-0.2, -0.15) is 0 Å². The van der Waals surface area contributed by atoms with Gasteiger partial charge in [-0.05, 0) is 52.1 Å². The van der Waals surface area contributed by atoms with E-state index in [2.05, 4.69) is 30.6 Å². The number of nitrogens with zero attached hydrogens (tertiary/aromatic N) is 1. The van der Waals surface area contributed by atoms with Gasteiger partial charge in [0.1, 0.15) is 0 Å². The van der Waals surface area contributed by atoms with E-state index in [1.165, 1.54) is 70.6 Å². The van der Waals surface area contributed by atoms with Gasteiger partial charge in [0.05, 0.1) is 0 Å². The van der Waals surface area contributed by atoms with Crippen LogP contribution in [0.1, 0.15) is 123 Å². The van der Waals surface area contributed by atoms with Crippen LogP contribution < -0.4 is 0 Å². The molecule has 0 aliphatic rings. The minimum absolute atomic E-state index is 0.0880. The van der Waals surface area contributed by atoms with Crippen LogP contribution in [0.5, 0.6) is 0 Å². The highest BCUT2D eigenvalue weighted by Crippen LogP contribution is 2.10. The van der Waals surface area contributed by atoms with Gasteiger partial charge in [0.25, 0.3) is 0 Å². The van der Waals surface area contributed by atoms with Gasteiger partial charge in [-0.15, -0.1) is 0 Å². The topological polar surface area (TPSA) is 29.5 Å². The van der Waals surface area contributed by atoms with Crippen molar-refractivity contribution in [3.05, 3.63) is 0 Å². The molecule has 0 bridgehead atoms. The zero-order chi connectivity index (χ0) is 22.3. The Labute approximate surface area is 187 Å². The first kappa shape index (κ1) is 28.5. The van der Waals surface area contributed by atoms with E-state index in [0.717, 1.165) is 32.1 Å². The van der Waals surface area contributed by atoms with Gasteiger partial charge in [0.2, 0.25) is 0 Å². The first-order valence-electron chi connectivity index (χ1n) is 12.4. The third-order valence-electron chi connectivity index (χ3n) is 5.36. The summed E-state index contributed by atoms with van der Waals surface area (Å²) < 4.78 is 5.31. The summed E-state index contributed by atoms with van der Waals surface area (Å²) >= 11 is 0. The van der Waals surface area contributed by atoms with Gasteiger partial charge < -0.3 is 4.74 Å². The highest BCUT2D eigenvalue weighted by atomic mass is 16.6. The molecule has 30 heavy (non-hydrogen) atoms. The summed E-state index contributed by atoms with van der Waals surface area (Å²) in [6, 6.07) is 0. The molecule has 0 aromatic heterocycles. The molecule has 0 rings (SSSR count). The molecule has 3 heteroatoms. The molecule has 0 saturated heterocycles. The lowest BCUT2D eigenvalue weighted by atomic mass is 10.1. The van der Waals surface area contributed by atoms with Gasteiger partial charge in [-0.25, -0.2) is 0 Å². The Bertz CT molecular complexity index is 518. The molecule has 0 aromatic carbocycles. The van der Waals surface area contributed by atoms with Gasteiger partial charge in [0.15, 0.2) is 6.23 Å². The summed E-state index contributed by atoms with van der Waals surface area (Å²) in [5, 5.41) is 0. The molecular formula is C27H47NO2. The molecule has 0 fully saturated rings. The summed E-state index contributed by atoms with van der Waals surface area (Å²) in [5.74, 6) is 12.3. The fourth-order valence-electron chi connectivity index (χ4n) is 3.11. The zero-order valence-electron chi connectivity index (χ0n) is 20.4. The molecule has 0 N–H and O–H groups in total. The molecule has 1 unspecified atom stereocenters. The maximum absolute atomic E-state index is 11.7. The maximum Gasteiger partial charge on any atom is 0.307 e. The molecular weight excluding hydrogens is 370 g/mol. The maximum atomic E-state index is 11.7. The number of carbonyl (C=O) groups excluding carboxylic acids is 1. The van der Waals surface area contributed by atoms with Gasteiger partial charge >= 0.3 is 5.97 Å². The lowest BCUT2D eigenvalue weighted by molar-refractivity contribution is -0.155. The smallest absolute Gasteiger partial charge is 0.307 e. The summed E-state index contributed by atoms with van der Waals surface area (Å²) in [5.41, 5.74) is 0. The molecule has 0 saturated carbocycles. The van der Waals surface area contributed by atoms with Crippen LogP contribution in [-0.2, 0) is 9.53 Å². The van der Waals surface area contributed by atoms with Crippen LogP contribution in [-0.4, -0.2) is 31.2 Å². The van der Waals surface area contributed by atoms with Crippen molar-refractivity contribution in [2.24, 2.45) is 0 Å². The fraction of sp³-hybridized carbons (Fsp3) is 0.815. The fourth-order valence-corrected chi connectivity index (χ4v) is 3.11. The van der Waals surface area contributed by atoms with Crippen molar-refractivity contribution in [1.29, 1.82) is 0 Å². The average molecular weight is 418 g/mol. The Balaban J connectivity index is 3.38. The summed E-state index contributed by atoms with van der Waals surface area (Å²) in [7, 11) is 3.82. The van der Waals surface area contributed by atoms with Crippen molar-refractivity contribution in [1.82, 2.24) is 4.90 Å². The second kappa shape index (κ2) is 22.2. The van der Waals surface area contributed by atoms with Crippen LogP contribution in [0.2, 0.25) is 0 Å². The van der Waals surface area contributed by atoms with Crippen molar-refractivity contribution in [3.63, 3.8) is 0 Å². The minimum atomic E-state index is -0.145. The zero-order valence-corrected chi connectivity index (χ0v) is 20.4. The molecule has 3 nitrogen and oxygen atoms in total. The van der Waals surface area contributed by atoms with Crippen molar-refractivity contribution in [2.75, 3.05) is 14.1 Å². The highest BCUT2D eigenvalue weighted by Gasteiger charge is 2.10.